The summed E-state index contributed by atoms with van der Waals surface area (Å²) in [4.78, 5) is 19.1. The maximum Gasteiger partial charge on any atom is 0.251 e. The number of aromatic nitrogens is 1. The monoisotopic (exact) mass is 445 g/mol. The quantitative estimate of drug-likeness (QED) is 0.573. The zero-order valence-electron chi connectivity index (χ0n) is 19.2. The second-order valence-corrected chi connectivity index (χ2v) is 9.32. The van der Waals surface area contributed by atoms with Crippen LogP contribution in [0, 0.1) is 12.3 Å². The predicted octanol–water partition coefficient (Wildman–Crippen LogP) is 4.29. The van der Waals surface area contributed by atoms with Crippen LogP contribution < -0.4 is 5.32 Å². The fraction of sp³-hybridized carbons (Fsp3) is 0.520. The first-order chi connectivity index (χ1) is 15.0. The highest BCUT2D eigenvalue weighted by Gasteiger charge is 2.63. The Labute approximate surface area is 188 Å². The Morgan fingerprint density at radius 1 is 1.25 bits per heavy atom. The van der Waals surface area contributed by atoms with Crippen LogP contribution in [0.4, 0.5) is 8.78 Å². The summed E-state index contributed by atoms with van der Waals surface area (Å²) < 4.78 is 29.1. The summed E-state index contributed by atoms with van der Waals surface area (Å²) in [7, 11) is 3.88. The highest BCUT2D eigenvalue weighted by molar-refractivity contribution is 5.77. The minimum Gasteiger partial charge on any atom is -0.508 e. The van der Waals surface area contributed by atoms with E-state index in [4.69, 9.17) is 0 Å². The lowest BCUT2D eigenvalue weighted by Crippen LogP contribution is -2.43. The van der Waals surface area contributed by atoms with E-state index in [1.165, 1.54) is 0 Å². The van der Waals surface area contributed by atoms with Crippen molar-refractivity contribution in [1.29, 1.82) is 0 Å². The molecule has 174 valence electrons. The smallest absolute Gasteiger partial charge is 0.251 e. The van der Waals surface area contributed by atoms with Gasteiger partial charge in [-0.05, 0) is 82.6 Å². The van der Waals surface area contributed by atoms with E-state index in [1.54, 1.807) is 24.4 Å². The van der Waals surface area contributed by atoms with Crippen LogP contribution in [-0.4, -0.2) is 53.5 Å². The number of carbonyl (C=O) groups excluding carboxylic acids is 1. The van der Waals surface area contributed by atoms with Gasteiger partial charge in [-0.25, -0.2) is 8.78 Å². The number of halogens is 2. The Morgan fingerprint density at radius 2 is 1.91 bits per heavy atom. The van der Waals surface area contributed by atoms with Gasteiger partial charge in [0.2, 0.25) is 5.91 Å². The summed E-state index contributed by atoms with van der Waals surface area (Å²) in [6, 6.07) is 10.6. The van der Waals surface area contributed by atoms with Crippen LogP contribution in [0.2, 0.25) is 0 Å². The summed E-state index contributed by atoms with van der Waals surface area (Å²) in [6.45, 7) is 3.21. The molecule has 0 bridgehead atoms. The number of aromatic hydroxyl groups is 1. The highest BCUT2D eigenvalue weighted by atomic mass is 19.3. The first kappa shape index (κ1) is 24.1. The van der Waals surface area contributed by atoms with E-state index in [0.717, 1.165) is 23.7 Å². The fourth-order valence-electron chi connectivity index (χ4n) is 4.48. The third kappa shape index (κ3) is 5.63. The van der Waals surface area contributed by atoms with Gasteiger partial charge < -0.3 is 15.3 Å². The van der Waals surface area contributed by atoms with Gasteiger partial charge in [0.1, 0.15) is 5.75 Å². The van der Waals surface area contributed by atoms with Gasteiger partial charge in [-0.1, -0.05) is 12.1 Å². The molecule has 1 amide bonds. The normalized spacial score (nSPS) is 17.1. The maximum atomic E-state index is 14.6. The molecule has 3 rings (SSSR count). The van der Waals surface area contributed by atoms with E-state index >= 15 is 0 Å². The second kappa shape index (κ2) is 9.53. The molecule has 1 aliphatic carbocycles. The van der Waals surface area contributed by atoms with Crippen LogP contribution in [0.25, 0.3) is 0 Å². The molecule has 0 spiro atoms. The molecule has 1 saturated carbocycles. The summed E-state index contributed by atoms with van der Waals surface area (Å²) >= 11 is 0. The standard InChI is InChI=1S/C25H33F2N3O2/c1-17-13-19(9-12-28-17)22(25(10-11-25)24(2,26)27)15-23(32)29-16-20(30(3)4)14-18-5-7-21(31)8-6-18/h5-9,12-13,20,22,31H,10-11,14-16H2,1-4H3,(H,29,32)/t20-,22-/m0/s1. The number of amides is 1. The van der Waals surface area contributed by atoms with E-state index in [0.29, 0.717) is 25.8 Å². The van der Waals surface area contributed by atoms with E-state index in [2.05, 4.69) is 10.3 Å². The Bertz CT molecular complexity index is 922. The number of benzene rings is 1. The van der Waals surface area contributed by atoms with Crippen molar-refractivity contribution in [3.8, 4) is 5.75 Å². The van der Waals surface area contributed by atoms with Crippen molar-refractivity contribution >= 4 is 5.91 Å². The van der Waals surface area contributed by atoms with Crippen molar-refractivity contribution in [2.75, 3.05) is 20.6 Å². The summed E-state index contributed by atoms with van der Waals surface area (Å²) in [5.74, 6) is -3.43. The number of pyridine rings is 1. The molecule has 1 fully saturated rings. The topological polar surface area (TPSA) is 65.5 Å². The Kier molecular flexibility index (Phi) is 7.18. The largest absolute Gasteiger partial charge is 0.508 e. The minimum absolute atomic E-state index is 0.0201. The maximum absolute atomic E-state index is 14.6. The second-order valence-electron chi connectivity index (χ2n) is 9.32. The average molecular weight is 446 g/mol. The van der Waals surface area contributed by atoms with E-state index in [9.17, 15) is 18.7 Å². The van der Waals surface area contributed by atoms with Crippen molar-refractivity contribution in [1.82, 2.24) is 15.2 Å². The van der Waals surface area contributed by atoms with Crippen molar-refractivity contribution in [3.05, 3.63) is 59.4 Å². The van der Waals surface area contributed by atoms with Crippen LogP contribution in [0.1, 0.15) is 48.9 Å². The number of alkyl halides is 2. The van der Waals surface area contributed by atoms with E-state index < -0.39 is 17.3 Å². The molecule has 5 nitrogen and oxygen atoms in total. The number of nitrogens with zero attached hydrogens (tertiary/aromatic N) is 2. The molecule has 7 heteroatoms. The van der Waals surface area contributed by atoms with Crippen molar-refractivity contribution in [3.63, 3.8) is 0 Å². The molecule has 0 aliphatic heterocycles. The number of rotatable bonds is 10. The Morgan fingerprint density at radius 3 is 2.44 bits per heavy atom. The molecule has 1 aromatic heterocycles. The van der Waals surface area contributed by atoms with Gasteiger partial charge in [0.25, 0.3) is 5.92 Å². The lowest BCUT2D eigenvalue weighted by molar-refractivity contribution is -0.123. The van der Waals surface area contributed by atoms with Crippen molar-refractivity contribution in [2.24, 2.45) is 5.41 Å². The summed E-state index contributed by atoms with van der Waals surface area (Å²) in [5, 5.41) is 12.4. The lowest BCUT2D eigenvalue weighted by Gasteiger charge is -2.32. The first-order valence-electron chi connectivity index (χ1n) is 11.0. The number of phenols is 1. The number of aryl methyl sites for hydroxylation is 1. The number of likely N-dealkylation sites (N-methyl/N-ethyl adjacent to an activating group) is 1. The van der Waals surface area contributed by atoms with Crippen LogP contribution in [0.15, 0.2) is 42.6 Å². The number of hydrogen-bond donors (Lipinski definition) is 2. The molecule has 1 heterocycles. The Hall–Kier alpha value is -2.54. The van der Waals surface area contributed by atoms with Crippen LogP contribution >= 0.6 is 0 Å². The molecule has 0 radical (unpaired) electrons. The third-order valence-corrected chi connectivity index (χ3v) is 6.72. The predicted molar refractivity (Wildman–Crippen MR) is 121 cm³/mol. The fourth-order valence-corrected chi connectivity index (χ4v) is 4.48. The van der Waals surface area contributed by atoms with Gasteiger partial charge in [-0.3, -0.25) is 9.78 Å². The summed E-state index contributed by atoms with van der Waals surface area (Å²) in [5.41, 5.74) is 1.37. The van der Waals surface area contributed by atoms with Gasteiger partial charge in [0.15, 0.2) is 0 Å². The zero-order chi connectivity index (χ0) is 23.5. The average Bonchev–Trinajstić information content (AvgIpc) is 3.52. The molecular weight excluding hydrogens is 412 g/mol. The first-order valence-corrected chi connectivity index (χ1v) is 11.0. The van der Waals surface area contributed by atoms with Gasteiger partial charge in [0, 0.05) is 42.2 Å². The summed E-state index contributed by atoms with van der Waals surface area (Å²) in [6.07, 6.45) is 3.16. The molecule has 2 atom stereocenters. The van der Waals surface area contributed by atoms with Crippen molar-refractivity contribution in [2.45, 2.75) is 57.4 Å². The van der Waals surface area contributed by atoms with Crippen molar-refractivity contribution < 1.29 is 18.7 Å². The Balaban J connectivity index is 1.70. The zero-order valence-corrected chi connectivity index (χ0v) is 19.2. The molecule has 0 saturated heterocycles. The number of carbonyl (C=O) groups is 1. The molecule has 1 aliphatic rings. The highest BCUT2D eigenvalue weighted by Crippen LogP contribution is 2.65. The molecule has 2 N–H and O–H groups in total. The molecule has 1 aromatic carbocycles. The number of hydrogen-bond acceptors (Lipinski definition) is 4. The lowest BCUT2D eigenvalue weighted by atomic mass is 9.77. The number of nitrogens with one attached hydrogen (secondary N) is 1. The SMILES string of the molecule is Cc1cc([C@H](CC(=O)NC[C@H](Cc2ccc(O)cc2)N(C)C)C2(C(C)(F)F)CC2)ccn1. The molecular formula is C25H33F2N3O2. The van der Waals surface area contributed by atoms with Gasteiger partial charge in [0.05, 0.1) is 0 Å². The minimum atomic E-state index is -2.86. The van der Waals surface area contributed by atoms with E-state index in [-0.39, 0.29) is 24.1 Å². The van der Waals surface area contributed by atoms with Gasteiger partial charge in [-0.2, -0.15) is 0 Å². The van der Waals surface area contributed by atoms with Crippen LogP contribution in [0.5, 0.6) is 5.75 Å². The molecule has 0 unspecified atom stereocenters. The van der Waals surface area contributed by atoms with Gasteiger partial charge in [-0.15, -0.1) is 0 Å². The molecule has 32 heavy (non-hydrogen) atoms. The third-order valence-electron chi connectivity index (χ3n) is 6.72. The van der Waals surface area contributed by atoms with Crippen LogP contribution in [0.3, 0.4) is 0 Å². The number of phenolic OH excluding ortho intramolecular Hbond substituents is 1. The molecule has 2 aromatic rings. The van der Waals surface area contributed by atoms with Gasteiger partial charge >= 0.3 is 0 Å². The van der Waals surface area contributed by atoms with Crippen LogP contribution in [-0.2, 0) is 11.2 Å². The van der Waals surface area contributed by atoms with E-state index in [1.807, 2.05) is 44.1 Å².